The number of hydrogen-bond donors (Lipinski definition) is 2. The predicted octanol–water partition coefficient (Wildman–Crippen LogP) is 2.19. The summed E-state index contributed by atoms with van der Waals surface area (Å²) in [6.07, 6.45) is 6.26. The number of carbonyl (C=O) groups excluding carboxylic acids is 2. The standard InChI is InChI=1S/C20H19N3O4/c1-3-11-27-17-10-9-15(12-18(17)26-2)14-21-23-20(25)13-19(24)22-16-7-5-4-6-8-16/h1,4-10,12,14H,11,13H2,2H3,(H,22,24)(H,23,25). The SMILES string of the molecule is C#CCOc1ccc(C=NNC(=O)CC(=O)Nc2ccccc2)cc1OC. The van der Waals surface area contributed by atoms with Gasteiger partial charge in [-0.1, -0.05) is 24.1 Å². The van der Waals surface area contributed by atoms with Crippen LogP contribution in [0.1, 0.15) is 12.0 Å². The fourth-order valence-electron chi connectivity index (χ4n) is 2.09. The van der Waals surface area contributed by atoms with Crippen LogP contribution in [0.5, 0.6) is 11.5 Å². The first-order valence-corrected chi connectivity index (χ1v) is 8.03. The fraction of sp³-hybridized carbons (Fsp3) is 0.150. The summed E-state index contributed by atoms with van der Waals surface area (Å²) < 4.78 is 10.6. The van der Waals surface area contributed by atoms with Gasteiger partial charge >= 0.3 is 0 Å². The van der Waals surface area contributed by atoms with E-state index in [2.05, 4.69) is 21.8 Å². The van der Waals surface area contributed by atoms with Crippen molar-refractivity contribution in [1.82, 2.24) is 5.43 Å². The Morgan fingerprint density at radius 2 is 1.93 bits per heavy atom. The number of terminal acetylenes is 1. The number of methoxy groups -OCH3 is 1. The molecule has 0 aliphatic heterocycles. The van der Waals surface area contributed by atoms with E-state index in [9.17, 15) is 9.59 Å². The maximum Gasteiger partial charge on any atom is 0.249 e. The first-order chi connectivity index (χ1) is 13.1. The molecule has 0 aliphatic carbocycles. The van der Waals surface area contributed by atoms with Gasteiger partial charge < -0.3 is 14.8 Å². The summed E-state index contributed by atoms with van der Waals surface area (Å²) in [6.45, 7) is 0.130. The number of nitrogens with zero attached hydrogens (tertiary/aromatic N) is 1. The third-order valence-electron chi connectivity index (χ3n) is 3.28. The number of ether oxygens (including phenoxy) is 2. The van der Waals surface area contributed by atoms with Crippen LogP contribution in [-0.2, 0) is 9.59 Å². The van der Waals surface area contributed by atoms with Gasteiger partial charge in [0.25, 0.3) is 0 Å². The average Bonchev–Trinajstić information content (AvgIpc) is 2.67. The van der Waals surface area contributed by atoms with Crippen molar-refractivity contribution in [2.75, 3.05) is 19.0 Å². The summed E-state index contributed by atoms with van der Waals surface area (Å²) in [5.74, 6) is 2.42. The van der Waals surface area contributed by atoms with E-state index in [1.165, 1.54) is 13.3 Å². The lowest BCUT2D eigenvalue weighted by Crippen LogP contribution is -2.24. The Bertz CT molecular complexity index is 857. The molecule has 0 atom stereocenters. The second-order valence-corrected chi connectivity index (χ2v) is 5.29. The molecule has 0 bridgehead atoms. The first-order valence-electron chi connectivity index (χ1n) is 8.03. The Morgan fingerprint density at radius 1 is 1.15 bits per heavy atom. The summed E-state index contributed by atoms with van der Waals surface area (Å²) >= 11 is 0. The first kappa shape index (κ1) is 19.5. The van der Waals surface area contributed by atoms with E-state index in [0.29, 0.717) is 22.7 Å². The maximum absolute atomic E-state index is 11.8. The molecule has 2 amide bonds. The van der Waals surface area contributed by atoms with Crippen LogP contribution < -0.4 is 20.2 Å². The Hall–Kier alpha value is -3.79. The van der Waals surface area contributed by atoms with Crippen molar-refractivity contribution in [2.24, 2.45) is 5.10 Å². The largest absolute Gasteiger partial charge is 0.493 e. The van der Waals surface area contributed by atoms with Crippen molar-refractivity contribution < 1.29 is 19.1 Å². The van der Waals surface area contributed by atoms with Crippen LogP contribution >= 0.6 is 0 Å². The Balaban J connectivity index is 1.86. The minimum absolute atomic E-state index is 0.130. The molecule has 0 aliphatic rings. The number of hydrazone groups is 1. The molecular formula is C20H19N3O4. The number of amides is 2. The van der Waals surface area contributed by atoms with Crippen molar-refractivity contribution in [3.63, 3.8) is 0 Å². The highest BCUT2D eigenvalue weighted by Crippen LogP contribution is 2.27. The summed E-state index contributed by atoms with van der Waals surface area (Å²) in [5, 5.41) is 6.46. The molecule has 138 valence electrons. The van der Waals surface area contributed by atoms with Gasteiger partial charge in [0.05, 0.1) is 13.3 Å². The average molecular weight is 365 g/mol. The normalized spacial score (nSPS) is 10.1. The lowest BCUT2D eigenvalue weighted by atomic mass is 10.2. The van der Waals surface area contributed by atoms with Crippen LogP contribution in [0, 0.1) is 12.3 Å². The number of rotatable bonds is 8. The van der Waals surface area contributed by atoms with E-state index in [4.69, 9.17) is 15.9 Å². The molecule has 27 heavy (non-hydrogen) atoms. The van der Waals surface area contributed by atoms with E-state index < -0.39 is 11.8 Å². The third-order valence-corrected chi connectivity index (χ3v) is 3.28. The summed E-state index contributed by atoms with van der Waals surface area (Å²) in [7, 11) is 1.51. The van der Waals surface area contributed by atoms with Gasteiger partial charge in [0.1, 0.15) is 13.0 Å². The predicted molar refractivity (Wildman–Crippen MR) is 103 cm³/mol. The minimum Gasteiger partial charge on any atom is -0.493 e. The van der Waals surface area contributed by atoms with Crippen LogP contribution in [0.2, 0.25) is 0 Å². The van der Waals surface area contributed by atoms with E-state index in [0.717, 1.165) is 0 Å². The molecule has 0 unspecified atom stereocenters. The van der Waals surface area contributed by atoms with E-state index in [1.807, 2.05) is 6.07 Å². The molecule has 0 fully saturated rings. The highest BCUT2D eigenvalue weighted by Gasteiger charge is 2.09. The van der Waals surface area contributed by atoms with Crippen molar-refractivity contribution in [2.45, 2.75) is 6.42 Å². The zero-order valence-electron chi connectivity index (χ0n) is 14.8. The van der Waals surface area contributed by atoms with E-state index in [1.54, 1.807) is 42.5 Å². The molecule has 7 heteroatoms. The molecule has 0 radical (unpaired) electrons. The molecule has 2 N–H and O–H groups in total. The number of para-hydroxylation sites is 1. The van der Waals surface area contributed by atoms with Crippen molar-refractivity contribution in [3.05, 3.63) is 54.1 Å². The summed E-state index contributed by atoms with van der Waals surface area (Å²) in [4.78, 5) is 23.6. The maximum atomic E-state index is 11.8. The molecule has 2 aromatic rings. The fourth-order valence-corrected chi connectivity index (χ4v) is 2.09. The number of anilines is 1. The van der Waals surface area contributed by atoms with Gasteiger partial charge in [0, 0.05) is 5.69 Å². The second kappa shape index (κ2) is 10.3. The van der Waals surface area contributed by atoms with Gasteiger partial charge in [-0.2, -0.15) is 5.10 Å². The van der Waals surface area contributed by atoms with Crippen molar-refractivity contribution >= 4 is 23.7 Å². The highest BCUT2D eigenvalue weighted by molar-refractivity contribution is 6.03. The minimum atomic E-state index is -0.527. The highest BCUT2D eigenvalue weighted by atomic mass is 16.5. The molecular weight excluding hydrogens is 346 g/mol. The van der Waals surface area contributed by atoms with Crippen molar-refractivity contribution in [3.8, 4) is 23.8 Å². The van der Waals surface area contributed by atoms with Crippen LogP contribution in [0.3, 0.4) is 0 Å². The second-order valence-electron chi connectivity index (χ2n) is 5.29. The Kier molecular flexibility index (Phi) is 7.42. The van der Waals surface area contributed by atoms with Gasteiger partial charge in [0.15, 0.2) is 11.5 Å². The lowest BCUT2D eigenvalue weighted by molar-refractivity contribution is -0.126. The molecule has 0 heterocycles. The van der Waals surface area contributed by atoms with Crippen molar-refractivity contribution in [1.29, 1.82) is 0 Å². The summed E-state index contributed by atoms with van der Waals surface area (Å²) in [6, 6.07) is 14.0. The molecule has 2 aromatic carbocycles. The summed E-state index contributed by atoms with van der Waals surface area (Å²) in [5.41, 5.74) is 3.60. The zero-order chi connectivity index (χ0) is 19.5. The number of nitrogens with one attached hydrogen (secondary N) is 2. The van der Waals surface area contributed by atoms with Gasteiger partial charge in [-0.3, -0.25) is 9.59 Å². The monoisotopic (exact) mass is 365 g/mol. The van der Waals surface area contributed by atoms with E-state index in [-0.39, 0.29) is 13.0 Å². The lowest BCUT2D eigenvalue weighted by Gasteiger charge is -2.09. The Labute approximate surface area is 157 Å². The molecule has 0 saturated carbocycles. The van der Waals surface area contributed by atoms with Crippen LogP contribution in [0.15, 0.2) is 53.6 Å². The zero-order valence-corrected chi connectivity index (χ0v) is 14.8. The van der Waals surface area contributed by atoms with Gasteiger partial charge in [-0.25, -0.2) is 5.43 Å². The number of carbonyl (C=O) groups is 2. The number of benzene rings is 2. The third kappa shape index (κ3) is 6.55. The Morgan fingerprint density at radius 3 is 2.63 bits per heavy atom. The molecule has 0 spiro atoms. The van der Waals surface area contributed by atoms with Crippen LogP contribution in [-0.4, -0.2) is 31.7 Å². The molecule has 2 rings (SSSR count). The van der Waals surface area contributed by atoms with Gasteiger partial charge in [-0.05, 0) is 35.9 Å². The molecule has 0 aromatic heterocycles. The molecule has 7 nitrogen and oxygen atoms in total. The molecule has 0 saturated heterocycles. The van der Waals surface area contributed by atoms with Gasteiger partial charge in [0.2, 0.25) is 11.8 Å². The smallest absolute Gasteiger partial charge is 0.249 e. The van der Waals surface area contributed by atoms with Crippen LogP contribution in [0.25, 0.3) is 0 Å². The van der Waals surface area contributed by atoms with Gasteiger partial charge in [-0.15, -0.1) is 6.42 Å². The van der Waals surface area contributed by atoms with E-state index >= 15 is 0 Å². The van der Waals surface area contributed by atoms with Crippen LogP contribution in [0.4, 0.5) is 5.69 Å². The number of hydrogen-bond acceptors (Lipinski definition) is 5. The quantitative estimate of drug-likeness (QED) is 0.325. The topological polar surface area (TPSA) is 89.0 Å².